The zero-order valence-electron chi connectivity index (χ0n) is 14.3. The molecule has 3 rings (SSSR count). The number of aryl methyl sites for hydroxylation is 1. The molecule has 1 N–H and O–H groups in total. The summed E-state index contributed by atoms with van der Waals surface area (Å²) in [6, 6.07) is 7.76. The normalized spacial score (nSPS) is 11.5. The lowest BCUT2D eigenvalue weighted by atomic mass is 9.93. The number of halogens is 3. The summed E-state index contributed by atoms with van der Waals surface area (Å²) in [6.45, 7) is 6.25. The van der Waals surface area contributed by atoms with Gasteiger partial charge in [-0.2, -0.15) is 4.98 Å². The highest BCUT2D eigenvalue weighted by molar-refractivity contribution is 6.36. The van der Waals surface area contributed by atoms with E-state index < -0.39 is 0 Å². The highest BCUT2D eigenvalue weighted by atomic mass is 35.5. The van der Waals surface area contributed by atoms with Crippen molar-refractivity contribution in [2.75, 3.05) is 0 Å². The van der Waals surface area contributed by atoms with Crippen molar-refractivity contribution in [2.45, 2.75) is 39.5 Å². The average molecular weight is 398 g/mol. The number of rotatable bonds is 5. The zero-order chi connectivity index (χ0) is 18.1. The minimum Gasteiger partial charge on any atom is -0.424 e. The van der Waals surface area contributed by atoms with E-state index >= 15 is 0 Å². The summed E-state index contributed by atoms with van der Waals surface area (Å²) in [5, 5.41) is 1.60. The Morgan fingerprint density at radius 3 is 2.44 bits per heavy atom. The third-order valence-electron chi connectivity index (χ3n) is 4.42. The van der Waals surface area contributed by atoms with Gasteiger partial charge in [0.05, 0.1) is 15.6 Å². The van der Waals surface area contributed by atoms with Crippen molar-refractivity contribution in [3.8, 4) is 11.8 Å². The second kappa shape index (κ2) is 7.45. The highest BCUT2D eigenvalue weighted by Gasteiger charge is 2.18. The topological polar surface area (TPSA) is 37.9 Å². The molecule has 0 aliphatic rings. The zero-order valence-corrected chi connectivity index (χ0v) is 16.6. The van der Waals surface area contributed by atoms with Crippen LogP contribution in [0, 0.1) is 6.92 Å². The Hall–Kier alpha value is -1.42. The first-order valence-corrected chi connectivity index (χ1v) is 9.39. The summed E-state index contributed by atoms with van der Waals surface area (Å²) in [6.07, 6.45) is 2.09. The summed E-state index contributed by atoms with van der Waals surface area (Å²) < 4.78 is 5.92. The van der Waals surface area contributed by atoms with Crippen molar-refractivity contribution in [3.05, 3.63) is 50.5 Å². The van der Waals surface area contributed by atoms with Gasteiger partial charge < -0.3 is 9.72 Å². The molecule has 0 amide bonds. The average Bonchev–Trinajstić information content (AvgIpc) is 2.99. The standard InChI is InChI=1S/C19H19Cl3N2O/c1-4-11(5-2)13-6-7-14(21)17-16(13)23-19(24-17)25-18-10(3)8-12(20)9-15(18)22/h6-9,11H,4-5H2,1-3H3,(H,23,24). The maximum Gasteiger partial charge on any atom is 0.300 e. The second-order valence-electron chi connectivity index (χ2n) is 6.05. The van der Waals surface area contributed by atoms with Crippen LogP contribution in [-0.4, -0.2) is 9.97 Å². The molecular weight excluding hydrogens is 379 g/mol. The van der Waals surface area contributed by atoms with Crippen LogP contribution in [0.1, 0.15) is 43.7 Å². The monoisotopic (exact) mass is 396 g/mol. The van der Waals surface area contributed by atoms with E-state index in [1.54, 1.807) is 12.1 Å². The molecule has 0 saturated heterocycles. The third-order valence-corrected chi connectivity index (χ3v) is 5.23. The first-order chi connectivity index (χ1) is 11.9. The largest absolute Gasteiger partial charge is 0.424 e. The van der Waals surface area contributed by atoms with Gasteiger partial charge in [-0.05, 0) is 55.0 Å². The molecule has 1 heterocycles. The van der Waals surface area contributed by atoms with E-state index in [0.717, 1.165) is 23.9 Å². The van der Waals surface area contributed by atoms with Gasteiger partial charge in [-0.15, -0.1) is 0 Å². The molecule has 0 saturated carbocycles. The highest BCUT2D eigenvalue weighted by Crippen LogP contribution is 2.37. The molecule has 25 heavy (non-hydrogen) atoms. The molecule has 0 aliphatic heterocycles. The van der Waals surface area contributed by atoms with Gasteiger partial charge in [0.15, 0.2) is 5.75 Å². The molecule has 3 aromatic rings. The van der Waals surface area contributed by atoms with Crippen LogP contribution >= 0.6 is 34.8 Å². The molecule has 1 aromatic heterocycles. The molecule has 0 atom stereocenters. The third kappa shape index (κ3) is 3.59. The lowest BCUT2D eigenvalue weighted by Gasteiger charge is -2.13. The lowest BCUT2D eigenvalue weighted by Crippen LogP contribution is -1.96. The number of H-pyrrole nitrogens is 1. The van der Waals surface area contributed by atoms with Gasteiger partial charge in [0.2, 0.25) is 0 Å². The minimum atomic E-state index is 0.364. The van der Waals surface area contributed by atoms with Crippen molar-refractivity contribution in [1.82, 2.24) is 9.97 Å². The molecular formula is C19H19Cl3N2O. The van der Waals surface area contributed by atoms with E-state index in [1.165, 1.54) is 5.56 Å². The van der Waals surface area contributed by atoms with Crippen LogP contribution in [0.5, 0.6) is 11.8 Å². The minimum absolute atomic E-state index is 0.364. The molecule has 0 spiro atoms. The maximum atomic E-state index is 6.34. The molecule has 0 unspecified atom stereocenters. The number of imidazole rings is 1. The number of ether oxygens (including phenoxy) is 1. The Morgan fingerprint density at radius 1 is 1.08 bits per heavy atom. The van der Waals surface area contributed by atoms with Gasteiger partial charge >= 0.3 is 0 Å². The summed E-state index contributed by atoms with van der Waals surface area (Å²) in [5.41, 5.74) is 3.66. The smallest absolute Gasteiger partial charge is 0.300 e. The number of fused-ring (bicyclic) bond motifs is 1. The fraction of sp³-hybridized carbons (Fsp3) is 0.316. The van der Waals surface area contributed by atoms with E-state index in [4.69, 9.17) is 39.5 Å². The number of benzene rings is 2. The SMILES string of the molecule is CCC(CC)c1ccc(Cl)c2nc(Oc3c(C)cc(Cl)cc3Cl)[nH]c12. The molecule has 132 valence electrons. The van der Waals surface area contributed by atoms with Crippen molar-refractivity contribution < 1.29 is 4.74 Å². The first-order valence-electron chi connectivity index (χ1n) is 8.26. The van der Waals surface area contributed by atoms with Crippen LogP contribution in [0.4, 0.5) is 0 Å². The quantitative estimate of drug-likeness (QED) is 0.483. The molecule has 0 bridgehead atoms. The number of nitrogens with zero attached hydrogens (tertiary/aromatic N) is 1. The number of hydrogen-bond donors (Lipinski definition) is 1. The van der Waals surface area contributed by atoms with E-state index in [0.29, 0.717) is 38.3 Å². The summed E-state index contributed by atoms with van der Waals surface area (Å²) in [7, 11) is 0. The van der Waals surface area contributed by atoms with Crippen LogP contribution in [0.3, 0.4) is 0 Å². The fourth-order valence-electron chi connectivity index (χ4n) is 3.09. The van der Waals surface area contributed by atoms with Crippen molar-refractivity contribution in [1.29, 1.82) is 0 Å². The molecule has 3 nitrogen and oxygen atoms in total. The van der Waals surface area contributed by atoms with Gasteiger partial charge in [0.1, 0.15) is 5.52 Å². The van der Waals surface area contributed by atoms with E-state index in [9.17, 15) is 0 Å². The van der Waals surface area contributed by atoms with Crippen LogP contribution in [0.2, 0.25) is 15.1 Å². The van der Waals surface area contributed by atoms with Gasteiger partial charge in [-0.25, -0.2) is 0 Å². The lowest BCUT2D eigenvalue weighted by molar-refractivity contribution is 0.446. The van der Waals surface area contributed by atoms with E-state index in [2.05, 4.69) is 29.9 Å². The van der Waals surface area contributed by atoms with Crippen molar-refractivity contribution in [2.24, 2.45) is 0 Å². The molecule has 2 aromatic carbocycles. The Morgan fingerprint density at radius 2 is 1.80 bits per heavy atom. The summed E-state index contributed by atoms with van der Waals surface area (Å²) in [4.78, 5) is 7.78. The number of aromatic amines is 1. The molecule has 6 heteroatoms. The molecule has 0 radical (unpaired) electrons. The van der Waals surface area contributed by atoms with Crippen LogP contribution in [-0.2, 0) is 0 Å². The van der Waals surface area contributed by atoms with Crippen molar-refractivity contribution in [3.63, 3.8) is 0 Å². The van der Waals surface area contributed by atoms with Gasteiger partial charge in [0, 0.05) is 5.02 Å². The predicted octanol–water partition coefficient (Wildman–Crippen LogP) is 7.53. The summed E-state index contributed by atoms with van der Waals surface area (Å²) >= 11 is 18.6. The van der Waals surface area contributed by atoms with Gasteiger partial charge in [0.25, 0.3) is 6.01 Å². The maximum absolute atomic E-state index is 6.34. The molecule has 0 aliphatic carbocycles. The predicted molar refractivity (Wildman–Crippen MR) is 106 cm³/mol. The summed E-state index contributed by atoms with van der Waals surface area (Å²) in [5.74, 6) is 0.972. The molecule has 0 fully saturated rings. The van der Waals surface area contributed by atoms with Gasteiger partial charge in [-0.3, -0.25) is 0 Å². The van der Waals surface area contributed by atoms with Gasteiger partial charge in [-0.1, -0.05) is 54.7 Å². The Bertz CT molecular complexity index is 893. The number of hydrogen-bond acceptors (Lipinski definition) is 2. The Kier molecular flexibility index (Phi) is 5.47. The fourth-order valence-corrected chi connectivity index (χ4v) is 3.92. The first kappa shape index (κ1) is 18.4. The van der Waals surface area contributed by atoms with Crippen LogP contribution in [0.15, 0.2) is 24.3 Å². The van der Waals surface area contributed by atoms with Crippen LogP contribution < -0.4 is 4.74 Å². The number of nitrogens with one attached hydrogen (secondary N) is 1. The number of aromatic nitrogens is 2. The van der Waals surface area contributed by atoms with E-state index in [-0.39, 0.29) is 0 Å². The van der Waals surface area contributed by atoms with Crippen LogP contribution in [0.25, 0.3) is 11.0 Å². The van der Waals surface area contributed by atoms with Crippen molar-refractivity contribution >= 4 is 45.8 Å². The Balaban J connectivity index is 2.07. The second-order valence-corrected chi connectivity index (χ2v) is 7.30. The Labute approximate surface area is 162 Å². The van der Waals surface area contributed by atoms with E-state index in [1.807, 2.05) is 13.0 Å².